The summed E-state index contributed by atoms with van der Waals surface area (Å²) in [6, 6.07) is 16.8. The Morgan fingerprint density at radius 2 is 0.892 bits per heavy atom. The molecule has 0 fully saturated rings. The van der Waals surface area contributed by atoms with Gasteiger partial charge in [-0.3, -0.25) is 0 Å². The van der Waals surface area contributed by atoms with Crippen molar-refractivity contribution in [1.29, 1.82) is 0 Å². The molecule has 0 bridgehead atoms. The van der Waals surface area contributed by atoms with Crippen LogP contribution in [-0.4, -0.2) is 16.6 Å². The van der Waals surface area contributed by atoms with E-state index in [1.165, 1.54) is 22.3 Å². The van der Waals surface area contributed by atoms with Gasteiger partial charge in [0.25, 0.3) is 0 Å². The minimum Gasteiger partial charge on any atom is -1.00 e. The van der Waals surface area contributed by atoms with Crippen LogP contribution in [-0.2, 0) is 34.7 Å². The quantitative estimate of drug-likeness (QED) is 0.355. The third kappa shape index (κ3) is 8.86. The van der Waals surface area contributed by atoms with Gasteiger partial charge >= 0.3 is 25.8 Å². The zero-order valence-electron chi connectivity index (χ0n) is 24.0. The normalized spacial score (nSPS) is 17.9. The van der Waals surface area contributed by atoms with Crippen LogP contribution in [0, 0.1) is 12.2 Å². The van der Waals surface area contributed by atoms with E-state index in [1.54, 1.807) is 0 Å². The molecule has 0 amide bonds. The summed E-state index contributed by atoms with van der Waals surface area (Å²) < 4.78 is 12.8. The van der Waals surface area contributed by atoms with Crippen LogP contribution in [0.25, 0.3) is 12.2 Å². The molecule has 0 spiro atoms. The van der Waals surface area contributed by atoms with Crippen LogP contribution in [0.5, 0.6) is 0 Å². The van der Waals surface area contributed by atoms with Crippen molar-refractivity contribution in [3.8, 4) is 0 Å². The van der Waals surface area contributed by atoms with Crippen molar-refractivity contribution in [2.24, 2.45) is 0 Å². The second-order valence-electron chi connectivity index (χ2n) is 12.4. The molecule has 37 heavy (non-hydrogen) atoms. The molecule has 2 aromatic rings. The largest absolute Gasteiger partial charge is 4.00 e. The van der Waals surface area contributed by atoms with E-state index in [-0.39, 0.29) is 72.9 Å². The zero-order valence-corrected chi connectivity index (χ0v) is 31.1. The molecule has 7 heteroatoms. The second-order valence-corrected chi connectivity index (χ2v) is 21.9. The smallest absolute Gasteiger partial charge is 1.00 e. The molecule has 2 aromatic carbocycles. The maximum Gasteiger partial charge on any atom is 4.00 e. The number of fused-ring (bicyclic) bond motifs is 2. The fourth-order valence-electron chi connectivity index (χ4n) is 3.41. The summed E-state index contributed by atoms with van der Waals surface area (Å²) in [7, 11) is -3.44. The van der Waals surface area contributed by atoms with Crippen molar-refractivity contribution >= 4 is 28.8 Å². The topological polar surface area (TPSA) is 18.5 Å². The van der Waals surface area contributed by atoms with E-state index in [2.05, 4.69) is 128 Å². The molecule has 200 valence electrons. The van der Waals surface area contributed by atoms with E-state index in [0.717, 1.165) is 0 Å². The van der Waals surface area contributed by atoms with Crippen molar-refractivity contribution in [2.75, 3.05) is 0 Å². The Morgan fingerprint density at radius 3 is 1.19 bits per heavy atom. The number of benzene rings is 2. The van der Waals surface area contributed by atoms with Crippen molar-refractivity contribution in [3.63, 3.8) is 0 Å². The molecule has 0 unspecified atom stereocenters. The van der Waals surface area contributed by atoms with Crippen LogP contribution >= 0.6 is 0 Å². The van der Waals surface area contributed by atoms with Gasteiger partial charge in [0.2, 0.25) is 0 Å². The second kappa shape index (κ2) is 13.9. The monoisotopic (exact) mass is 740 g/mol. The standard InChI is InChI=1S/2C15H21OSi.2ClH.Hf/c2*1-15(2,3)17(4,5)16-14-11-10-12-8-6-7-9-13(12)14;;;/h2*6-10,14H,1-5H3;2*1H;/q2*-1;;;+4/p-2/t2*14-;;;/m10.../s1. The molecule has 2 nitrogen and oxygen atoms in total. The molecule has 0 heterocycles. The van der Waals surface area contributed by atoms with Crippen LogP contribution in [0.2, 0.25) is 36.3 Å². The molecule has 2 atom stereocenters. The predicted molar refractivity (Wildman–Crippen MR) is 150 cm³/mol. The SMILES string of the molecule is CC(C)(C)[Si](C)(C)O[C@@H]1[C-]=Cc2ccccc21.CC(C)(C)[Si](C)(C)O[C@H]1[C-]=Cc2ccccc21.[Cl-].[Cl-].[Hf+4]. The first-order valence-electron chi connectivity index (χ1n) is 12.3. The van der Waals surface area contributed by atoms with Gasteiger partial charge in [0.15, 0.2) is 16.6 Å². The van der Waals surface area contributed by atoms with E-state index < -0.39 is 16.6 Å². The van der Waals surface area contributed by atoms with Crippen molar-refractivity contribution < 1.29 is 59.5 Å². The molecule has 0 saturated heterocycles. The van der Waals surface area contributed by atoms with Gasteiger partial charge in [0.05, 0.1) is 0 Å². The average molecular weight is 740 g/mol. The maximum absolute atomic E-state index is 6.39. The van der Waals surface area contributed by atoms with E-state index in [1.807, 2.05) is 12.2 Å². The molecular weight excluding hydrogens is 698 g/mol. The molecule has 4 rings (SSSR count). The summed E-state index contributed by atoms with van der Waals surface area (Å²) in [5.41, 5.74) is 5.02. The molecule has 0 aliphatic heterocycles. The van der Waals surface area contributed by atoms with Gasteiger partial charge in [-0.2, -0.15) is 11.1 Å². The van der Waals surface area contributed by atoms with Crippen molar-refractivity contribution in [2.45, 2.75) is 90.0 Å². The number of rotatable bonds is 4. The first-order chi connectivity index (χ1) is 15.6. The van der Waals surface area contributed by atoms with Gasteiger partial charge in [0.1, 0.15) is 0 Å². The number of hydrogen-bond acceptors (Lipinski definition) is 2. The van der Waals surface area contributed by atoms with Gasteiger partial charge in [-0.15, -0.1) is 23.3 Å². The summed E-state index contributed by atoms with van der Waals surface area (Å²) in [4.78, 5) is 0. The maximum atomic E-state index is 6.39. The Balaban J connectivity index is 0.000000648. The fourth-order valence-corrected chi connectivity index (χ4v) is 5.69. The molecule has 0 radical (unpaired) electrons. The minimum atomic E-state index is -1.72. The number of halogens is 2. The third-order valence-electron chi connectivity index (χ3n) is 7.77. The zero-order chi connectivity index (χ0) is 25.4. The molecular formula is C30H42Cl2HfO2Si2. The predicted octanol–water partition coefficient (Wildman–Crippen LogP) is 3.16. The summed E-state index contributed by atoms with van der Waals surface area (Å²) in [6.07, 6.45) is 10.8. The Bertz CT molecular complexity index is 984. The number of hydrogen-bond donors (Lipinski definition) is 0. The van der Waals surface area contributed by atoms with Gasteiger partial charge in [-0.1, -0.05) is 77.9 Å². The molecule has 0 aromatic heterocycles. The van der Waals surface area contributed by atoms with Gasteiger partial charge in [-0.25, -0.2) is 24.3 Å². The average Bonchev–Trinajstić information content (AvgIpc) is 3.31. The summed E-state index contributed by atoms with van der Waals surface area (Å²) in [5, 5.41) is 0.485. The van der Waals surface area contributed by atoms with Crippen LogP contribution in [0.1, 0.15) is 76.0 Å². The van der Waals surface area contributed by atoms with Gasteiger partial charge in [-0.05, 0) is 48.5 Å². The van der Waals surface area contributed by atoms with E-state index >= 15 is 0 Å². The first kappa shape index (κ1) is 36.7. The van der Waals surface area contributed by atoms with Crippen molar-refractivity contribution in [3.05, 3.63) is 82.9 Å². The minimum absolute atomic E-state index is 0. The fraction of sp³-hybridized carbons (Fsp3) is 0.467. The third-order valence-corrected chi connectivity index (χ3v) is 16.6. The van der Waals surface area contributed by atoms with Crippen LogP contribution < -0.4 is 24.8 Å². The van der Waals surface area contributed by atoms with E-state index in [0.29, 0.717) is 0 Å². The van der Waals surface area contributed by atoms with E-state index in [9.17, 15) is 0 Å². The summed E-state index contributed by atoms with van der Waals surface area (Å²) >= 11 is 0. The molecule has 0 saturated carbocycles. The van der Waals surface area contributed by atoms with Gasteiger partial charge < -0.3 is 33.7 Å². The van der Waals surface area contributed by atoms with E-state index in [4.69, 9.17) is 8.85 Å². The molecule has 0 N–H and O–H groups in total. The van der Waals surface area contributed by atoms with Crippen molar-refractivity contribution in [1.82, 2.24) is 0 Å². The van der Waals surface area contributed by atoms with Crippen LogP contribution in [0.3, 0.4) is 0 Å². The molecule has 2 aliphatic rings. The van der Waals surface area contributed by atoms with Gasteiger partial charge in [0, 0.05) is 0 Å². The Labute approximate surface area is 259 Å². The molecule has 2 aliphatic carbocycles. The van der Waals surface area contributed by atoms with Crippen LogP contribution in [0.15, 0.2) is 48.5 Å². The Morgan fingerprint density at radius 1 is 0.595 bits per heavy atom. The Kier molecular flexibility index (Phi) is 13.8. The summed E-state index contributed by atoms with van der Waals surface area (Å²) in [6.45, 7) is 22.8. The first-order valence-corrected chi connectivity index (χ1v) is 18.2. The summed E-state index contributed by atoms with van der Waals surface area (Å²) in [5.74, 6) is 0. The van der Waals surface area contributed by atoms with Crippen LogP contribution in [0.4, 0.5) is 0 Å². The Hall–Kier alpha value is -0.276.